The van der Waals surface area contributed by atoms with Gasteiger partial charge in [-0.25, -0.2) is 13.6 Å². The van der Waals surface area contributed by atoms with Crippen LogP contribution in [-0.4, -0.2) is 41.2 Å². The standard InChI is InChI=1S/C25H23F2N3O3/c1-3-33-25(31)30-9-8-16-21(13-30)28-20(11-14-4-7-22(32-2)18(27)10-14)24-23(16)17-12-15(26)5-6-19(17)29-24/h4-7,10,12,29H,3,8-9,11,13H2,1-2H3. The van der Waals surface area contributed by atoms with Gasteiger partial charge in [0.25, 0.3) is 0 Å². The highest BCUT2D eigenvalue weighted by atomic mass is 19.1. The van der Waals surface area contributed by atoms with Gasteiger partial charge in [0, 0.05) is 29.3 Å². The predicted molar refractivity (Wildman–Crippen MR) is 120 cm³/mol. The van der Waals surface area contributed by atoms with Crippen LogP contribution in [0.3, 0.4) is 0 Å². The maximum Gasteiger partial charge on any atom is 0.410 e. The van der Waals surface area contributed by atoms with Crippen LogP contribution in [0.1, 0.15) is 29.4 Å². The van der Waals surface area contributed by atoms with Crippen LogP contribution in [0, 0.1) is 11.6 Å². The first-order chi connectivity index (χ1) is 16.0. The van der Waals surface area contributed by atoms with Crippen molar-refractivity contribution in [1.82, 2.24) is 14.9 Å². The van der Waals surface area contributed by atoms with E-state index in [-0.39, 0.29) is 17.7 Å². The normalized spacial score (nSPS) is 13.4. The van der Waals surface area contributed by atoms with Crippen LogP contribution in [0.15, 0.2) is 36.4 Å². The number of benzene rings is 2. The van der Waals surface area contributed by atoms with Gasteiger partial charge in [-0.15, -0.1) is 0 Å². The molecule has 5 rings (SSSR count). The third-order valence-corrected chi connectivity index (χ3v) is 6.06. The minimum absolute atomic E-state index is 0.175. The number of halogens is 2. The van der Waals surface area contributed by atoms with Gasteiger partial charge in [0.05, 0.1) is 37.2 Å². The number of aromatic amines is 1. The summed E-state index contributed by atoms with van der Waals surface area (Å²) >= 11 is 0. The summed E-state index contributed by atoms with van der Waals surface area (Å²) in [5, 5.41) is 1.68. The lowest BCUT2D eigenvalue weighted by atomic mass is 9.96. The molecule has 8 heteroatoms. The molecule has 0 fully saturated rings. The zero-order valence-corrected chi connectivity index (χ0v) is 18.4. The van der Waals surface area contributed by atoms with E-state index in [9.17, 15) is 13.6 Å². The molecule has 0 saturated heterocycles. The number of H-pyrrole nitrogens is 1. The van der Waals surface area contributed by atoms with Gasteiger partial charge in [-0.05, 0) is 54.8 Å². The molecular weight excluding hydrogens is 428 g/mol. The second kappa shape index (κ2) is 8.35. The van der Waals surface area contributed by atoms with Crippen molar-refractivity contribution in [1.29, 1.82) is 0 Å². The molecule has 33 heavy (non-hydrogen) atoms. The van der Waals surface area contributed by atoms with Crippen molar-refractivity contribution < 1.29 is 23.0 Å². The van der Waals surface area contributed by atoms with E-state index in [0.29, 0.717) is 38.2 Å². The number of ether oxygens (including phenoxy) is 2. The monoisotopic (exact) mass is 451 g/mol. The Morgan fingerprint density at radius 2 is 2.06 bits per heavy atom. The van der Waals surface area contributed by atoms with E-state index in [1.165, 1.54) is 25.3 Å². The summed E-state index contributed by atoms with van der Waals surface area (Å²) in [5.74, 6) is -0.596. The highest BCUT2D eigenvalue weighted by molar-refractivity contribution is 6.10. The second-order valence-corrected chi connectivity index (χ2v) is 8.06. The molecule has 0 bridgehead atoms. The zero-order valence-electron chi connectivity index (χ0n) is 18.4. The minimum Gasteiger partial charge on any atom is -0.494 e. The quantitative estimate of drug-likeness (QED) is 0.468. The highest BCUT2D eigenvalue weighted by Crippen LogP contribution is 2.35. The number of amides is 1. The van der Waals surface area contributed by atoms with Crippen molar-refractivity contribution in [3.05, 3.63) is 70.5 Å². The average Bonchev–Trinajstić information content (AvgIpc) is 3.18. The number of hydrogen-bond donors (Lipinski definition) is 1. The number of nitrogens with one attached hydrogen (secondary N) is 1. The molecule has 2 aromatic carbocycles. The van der Waals surface area contributed by atoms with Crippen LogP contribution in [-0.2, 0) is 24.1 Å². The Labute approximate surface area is 189 Å². The Kier molecular flexibility index (Phi) is 5.36. The molecule has 0 aliphatic carbocycles. The number of hydrogen-bond acceptors (Lipinski definition) is 4. The van der Waals surface area contributed by atoms with E-state index in [4.69, 9.17) is 14.5 Å². The molecule has 170 valence electrons. The number of aromatic nitrogens is 2. The van der Waals surface area contributed by atoms with E-state index in [2.05, 4.69) is 4.98 Å². The molecule has 0 unspecified atom stereocenters. The number of nitrogens with zero attached hydrogens (tertiary/aromatic N) is 2. The molecule has 1 aliphatic heterocycles. The van der Waals surface area contributed by atoms with Gasteiger partial charge in [0.2, 0.25) is 0 Å². The minimum atomic E-state index is -0.448. The first-order valence-electron chi connectivity index (χ1n) is 10.8. The molecule has 6 nitrogen and oxygen atoms in total. The van der Waals surface area contributed by atoms with E-state index in [1.54, 1.807) is 30.0 Å². The van der Waals surface area contributed by atoms with Gasteiger partial charge >= 0.3 is 6.09 Å². The predicted octanol–water partition coefficient (Wildman–Crippen LogP) is 5.11. The molecule has 1 amide bonds. The van der Waals surface area contributed by atoms with Crippen molar-refractivity contribution in [2.75, 3.05) is 20.3 Å². The fourth-order valence-electron chi connectivity index (χ4n) is 4.54. The van der Waals surface area contributed by atoms with Gasteiger partial charge in [-0.3, -0.25) is 4.98 Å². The summed E-state index contributed by atoms with van der Waals surface area (Å²) in [7, 11) is 1.42. The number of rotatable bonds is 4. The van der Waals surface area contributed by atoms with Crippen LogP contribution in [0.5, 0.6) is 5.75 Å². The number of carbonyl (C=O) groups excluding carboxylic acids is 1. The molecule has 4 aromatic rings. The third kappa shape index (κ3) is 3.75. The first kappa shape index (κ1) is 21.2. The van der Waals surface area contributed by atoms with Crippen molar-refractivity contribution >= 4 is 27.9 Å². The molecule has 0 radical (unpaired) electrons. The molecule has 1 N–H and O–H groups in total. The lowest BCUT2D eigenvalue weighted by Crippen LogP contribution is -2.37. The summed E-state index contributed by atoms with van der Waals surface area (Å²) in [4.78, 5) is 22.2. The summed E-state index contributed by atoms with van der Waals surface area (Å²) in [6.07, 6.45) is 0.562. The third-order valence-electron chi connectivity index (χ3n) is 6.06. The summed E-state index contributed by atoms with van der Waals surface area (Å²) < 4.78 is 38.6. The average molecular weight is 451 g/mol. The Morgan fingerprint density at radius 3 is 2.82 bits per heavy atom. The maximum atomic E-state index is 14.3. The largest absolute Gasteiger partial charge is 0.494 e. The molecule has 0 saturated carbocycles. The van der Waals surface area contributed by atoms with Crippen LogP contribution >= 0.6 is 0 Å². The van der Waals surface area contributed by atoms with Gasteiger partial charge in [-0.2, -0.15) is 0 Å². The molecular formula is C25H23F2N3O3. The fourth-order valence-corrected chi connectivity index (χ4v) is 4.54. The van der Waals surface area contributed by atoms with Crippen LogP contribution in [0.2, 0.25) is 0 Å². The van der Waals surface area contributed by atoms with Crippen molar-refractivity contribution in [3.8, 4) is 5.75 Å². The molecule has 0 atom stereocenters. The van der Waals surface area contributed by atoms with Crippen LogP contribution < -0.4 is 4.74 Å². The lowest BCUT2D eigenvalue weighted by Gasteiger charge is -2.28. The van der Waals surface area contributed by atoms with E-state index < -0.39 is 5.82 Å². The van der Waals surface area contributed by atoms with Crippen LogP contribution in [0.4, 0.5) is 13.6 Å². The van der Waals surface area contributed by atoms with Gasteiger partial charge in [0.1, 0.15) is 5.82 Å². The molecule has 1 aliphatic rings. The van der Waals surface area contributed by atoms with Crippen LogP contribution in [0.25, 0.3) is 21.8 Å². The first-order valence-corrected chi connectivity index (χ1v) is 10.8. The van der Waals surface area contributed by atoms with Gasteiger partial charge in [0.15, 0.2) is 11.6 Å². The molecule has 2 aromatic heterocycles. The van der Waals surface area contributed by atoms with Gasteiger partial charge in [-0.1, -0.05) is 6.07 Å². The Morgan fingerprint density at radius 1 is 1.21 bits per heavy atom. The topological polar surface area (TPSA) is 67.4 Å². The van der Waals surface area contributed by atoms with E-state index in [1.807, 2.05) is 0 Å². The molecule has 3 heterocycles. The van der Waals surface area contributed by atoms with E-state index >= 15 is 0 Å². The van der Waals surface area contributed by atoms with Crippen molar-refractivity contribution in [2.24, 2.45) is 0 Å². The summed E-state index contributed by atoms with van der Waals surface area (Å²) in [5.41, 5.74) is 4.77. The SMILES string of the molecule is CCOC(=O)N1CCc2c(nc(Cc3ccc(OC)c(F)c3)c3[nH]c4ccc(F)cc4c23)C1. The maximum absolute atomic E-state index is 14.3. The number of pyridine rings is 1. The summed E-state index contributed by atoms with van der Waals surface area (Å²) in [6, 6.07) is 9.45. The lowest BCUT2D eigenvalue weighted by molar-refractivity contribution is 0.102. The Hall–Kier alpha value is -3.68. The number of carbonyl (C=O) groups is 1. The summed E-state index contributed by atoms with van der Waals surface area (Å²) in [6.45, 7) is 2.86. The Balaban J connectivity index is 1.66. The number of methoxy groups -OCH3 is 1. The fraction of sp³-hybridized carbons (Fsp3) is 0.280. The highest BCUT2D eigenvalue weighted by Gasteiger charge is 2.27. The zero-order chi connectivity index (χ0) is 23.1. The molecule has 0 spiro atoms. The van der Waals surface area contributed by atoms with E-state index in [0.717, 1.165) is 38.6 Å². The second-order valence-electron chi connectivity index (χ2n) is 8.06. The van der Waals surface area contributed by atoms with Crippen molar-refractivity contribution in [2.45, 2.75) is 26.3 Å². The smallest absolute Gasteiger partial charge is 0.410 e. The van der Waals surface area contributed by atoms with Crippen molar-refractivity contribution in [3.63, 3.8) is 0 Å². The number of fused-ring (bicyclic) bond motifs is 5. The van der Waals surface area contributed by atoms with Gasteiger partial charge < -0.3 is 19.4 Å². The Bertz CT molecular complexity index is 1380.